The second-order valence-electron chi connectivity index (χ2n) is 4.45. The van der Waals surface area contributed by atoms with Crippen LogP contribution in [0.5, 0.6) is 5.75 Å². The smallest absolute Gasteiger partial charge is 0.338 e. The van der Waals surface area contributed by atoms with E-state index < -0.39 is 0 Å². The molecule has 0 spiro atoms. The van der Waals surface area contributed by atoms with Crippen LogP contribution >= 0.6 is 0 Å². The SMILES string of the molecule is COc1ccc(C(=O)OCCCc2ccccc2)cc1. The Balaban J connectivity index is 1.74. The number of methoxy groups -OCH3 is 1. The van der Waals surface area contributed by atoms with Crippen LogP contribution in [0.25, 0.3) is 0 Å². The van der Waals surface area contributed by atoms with Crippen molar-refractivity contribution < 1.29 is 14.3 Å². The topological polar surface area (TPSA) is 35.5 Å². The highest BCUT2D eigenvalue weighted by molar-refractivity contribution is 5.89. The standard InChI is InChI=1S/C17H18O3/c1-19-16-11-9-15(10-12-16)17(18)20-13-5-8-14-6-3-2-4-7-14/h2-4,6-7,9-12H,5,8,13H2,1H3. The zero-order chi connectivity index (χ0) is 14.2. The molecule has 0 radical (unpaired) electrons. The molecule has 0 amide bonds. The van der Waals surface area contributed by atoms with Gasteiger partial charge < -0.3 is 9.47 Å². The summed E-state index contributed by atoms with van der Waals surface area (Å²) in [5.41, 5.74) is 1.80. The Labute approximate surface area is 119 Å². The van der Waals surface area contributed by atoms with Crippen LogP contribution in [-0.4, -0.2) is 19.7 Å². The number of hydrogen-bond acceptors (Lipinski definition) is 3. The van der Waals surface area contributed by atoms with Gasteiger partial charge in [0.15, 0.2) is 0 Å². The quantitative estimate of drug-likeness (QED) is 0.595. The van der Waals surface area contributed by atoms with Crippen LogP contribution in [-0.2, 0) is 11.2 Å². The van der Waals surface area contributed by atoms with E-state index in [2.05, 4.69) is 12.1 Å². The van der Waals surface area contributed by atoms with Crippen molar-refractivity contribution in [2.24, 2.45) is 0 Å². The molecular formula is C17H18O3. The molecule has 3 heteroatoms. The minimum absolute atomic E-state index is 0.291. The lowest BCUT2D eigenvalue weighted by molar-refractivity contribution is 0.0500. The number of benzene rings is 2. The number of carbonyl (C=O) groups is 1. The van der Waals surface area contributed by atoms with Crippen LogP contribution in [0.4, 0.5) is 0 Å². The Kier molecular flexibility index (Phi) is 5.18. The van der Waals surface area contributed by atoms with Crippen molar-refractivity contribution in [3.05, 3.63) is 65.7 Å². The maximum absolute atomic E-state index is 11.8. The van der Waals surface area contributed by atoms with E-state index in [1.165, 1.54) is 5.56 Å². The maximum Gasteiger partial charge on any atom is 0.338 e. The van der Waals surface area contributed by atoms with E-state index in [9.17, 15) is 4.79 Å². The Morgan fingerprint density at radius 2 is 1.70 bits per heavy atom. The summed E-state index contributed by atoms with van der Waals surface area (Å²) in [6.07, 6.45) is 1.74. The zero-order valence-electron chi connectivity index (χ0n) is 11.5. The third-order valence-corrected chi connectivity index (χ3v) is 3.01. The molecule has 0 saturated heterocycles. The summed E-state index contributed by atoms with van der Waals surface area (Å²) in [5.74, 6) is 0.436. The van der Waals surface area contributed by atoms with Crippen molar-refractivity contribution in [1.29, 1.82) is 0 Å². The normalized spacial score (nSPS) is 10.1. The Bertz CT molecular complexity index is 532. The molecule has 2 aromatic carbocycles. The highest BCUT2D eigenvalue weighted by Gasteiger charge is 2.06. The van der Waals surface area contributed by atoms with Crippen LogP contribution in [0.3, 0.4) is 0 Å². The molecule has 0 heterocycles. The molecule has 0 saturated carbocycles. The molecule has 0 unspecified atom stereocenters. The Morgan fingerprint density at radius 1 is 1.00 bits per heavy atom. The van der Waals surface area contributed by atoms with Crippen LogP contribution in [0.1, 0.15) is 22.3 Å². The maximum atomic E-state index is 11.8. The molecule has 0 fully saturated rings. The third-order valence-electron chi connectivity index (χ3n) is 3.01. The van der Waals surface area contributed by atoms with Gasteiger partial charge in [0.25, 0.3) is 0 Å². The first kappa shape index (κ1) is 14.1. The van der Waals surface area contributed by atoms with E-state index >= 15 is 0 Å². The first-order valence-electron chi connectivity index (χ1n) is 6.64. The summed E-state index contributed by atoms with van der Waals surface area (Å²) in [5, 5.41) is 0. The molecule has 0 aliphatic carbocycles. The van der Waals surface area contributed by atoms with Crippen molar-refractivity contribution in [3.8, 4) is 5.75 Å². The molecule has 0 N–H and O–H groups in total. The highest BCUT2D eigenvalue weighted by Crippen LogP contribution is 2.12. The summed E-state index contributed by atoms with van der Waals surface area (Å²) in [4.78, 5) is 11.8. The van der Waals surface area contributed by atoms with Gasteiger partial charge in [-0.2, -0.15) is 0 Å². The van der Waals surface area contributed by atoms with Gasteiger partial charge in [-0.25, -0.2) is 4.79 Å². The molecule has 0 aliphatic rings. The van der Waals surface area contributed by atoms with Crippen LogP contribution in [0, 0.1) is 0 Å². The van der Waals surface area contributed by atoms with Crippen molar-refractivity contribution >= 4 is 5.97 Å². The van der Waals surface area contributed by atoms with Crippen molar-refractivity contribution in [2.75, 3.05) is 13.7 Å². The number of hydrogen-bond donors (Lipinski definition) is 0. The predicted molar refractivity (Wildman–Crippen MR) is 78.0 cm³/mol. The Morgan fingerprint density at radius 3 is 2.35 bits per heavy atom. The average molecular weight is 270 g/mol. The van der Waals surface area contributed by atoms with Crippen molar-refractivity contribution in [1.82, 2.24) is 0 Å². The number of carbonyl (C=O) groups excluding carboxylic acids is 1. The van der Waals surface area contributed by atoms with E-state index in [1.54, 1.807) is 31.4 Å². The molecule has 0 atom stereocenters. The van der Waals surface area contributed by atoms with Gasteiger partial charge in [0.2, 0.25) is 0 Å². The van der Waals surface area contributed by atoms with Crippen molar-refractivity contribution in [2.45, 2.75) is 12.8 Å². The van der Waals surface area contributed by atoms with Crippen LogP contribution < -0.4 is 4.74 Å². The second kappa shape index (κ2) is 7.34. The second-order valence-corrected chi connectivity index (χ2v) is 4.45. The molecule has 0 bridgehead atoms. The fraction of sp³-hybridized carbons (Fsp3) is 0.235. The van der Waals surface area contributed by atoms with Gasteiger partial charge in [0.1, 0.15) is 5.75 Å². The van der Waals surface area contributed by atoms with Gasteiger partial charge >= 0.3 is 5.97 Å². The minimum Gasteiger partial charge on any atom is -0.497 e. The number of esters is 1. The van der Waals surface area contributed by atoms with E-state index in [0.29, 0.717) is 12.2 Å². The minimum atomic E-state index is -0.291. The average Bonchev–Trinajstić information content (AvgIpc) is 2.52. The summed E-state index contributed by atoms with van der Waals surface area (Å²) in [6.45, 7) is 0.430. The van der Waals surface area contributed by atoms with Gasteiger partial charge in [-0.15, -0.1) is 0 Å². The molecule has 104 valence electrons. The predicted octanol–water partition coefficient (Wildman–Crippen LogP) is 3.48. The third kappa shape index (κ3) is 4.12. The molecule has 20 heavy (non-hydrogen) atoms. The summed E-state index contributed by atoms with van der Waals surface area (Å²) in [7, 11) is 1.59. The fourth-order valence-electron chi connectivity index (χ4n) is 1.90. The summed E-state index contributed by atoms with van der Waals surface area (Å²) < 4.78 is 10.3. The molecule has 0 aromatic heterocycles. The summed E-state index contributed by atoms with van der Waals surface area (Å²) >= 11 is 0. The van der Waals surface area contributed by atoms with Crippen molar-refractivity contribution in [3.63, 3.8) is 0 Å². The van der Waals surface area contributed by atoms with Gasteiger partial charge in [0, 0.05) is 0 Å². The van der Waals surface area contributed by atoms with E-state index in [-0.39, 0.29) is 5.97 Å². The Hall–Kier alpha value is -2.29. The van der Waals surface area contributed by atoms with E-state index in [0.717, 1.165) is 18.6 Å². The molecule has 2 rings (SSSR count). The van der Waals surface area contributed by atoms with Crippen LogP contribution in [0.2, 0.25) is 0 Å². The number of rotatable bonds is 6. The number of aryl methyl sites for hydroxylation is 1. The van der Waals surface area contributed by atoms with Gasteiger partial charge in [-0.1, -0.05) is 30.3 Å². The molecule has 2 aromatic rings. The number of ether oxygens (including phenoxy) is 2. The summed E-state index contributed by atoms with van der Waals surface area (Å²) in [6, 6.07) is 17.1. The van der Waals surface area contributed by atoms with Crippen LogP contribution in [0.15, 0.2) is 54.6 Å². The molecule has 3 nitrogen and oxygen atoms in total. The molecule has 0 aliphatic heterocycles. The zero-order valence-corrected chi connectivity index (χ0v) is 11.5. The van der Waals surface area contributed by atoms with E-state index in [4.69, 9.17) is 9.47 Å². The molecular weight excluding hydrogens is 252 g/mol. The lowest BCUT2D eigenvalue weighted by Crippen LogP contribution is -2.07. The first-order chi connectivity index (χ1) is 9.79. The lowest BCUT2D eigenvalue weighted by Gasteiger charge is -2.06. The van der Waals surface area contributed by atoms with Gasteiger partial charge in [-0.3, -0.25) is 0 Å². The largest absolute Gasteiger partial charge is 0.497 e. The highest BCUT2D eigenvalue weighted by atomic mass is 16.5. The monoisotopic (exact) mass is 270 g/mol. The van der Waals surface area contributed by atoms with E-state index in [1.807, 2.05) is 18.2 Å². The first-order valence-corrected chi connectivity index (χ1v) is 6.64. The fourth-order valence-corrected chi connectivity index (χ4v) is 1.90. The van der Waals surface area contributed by atoms with Gasteiger partial charge in [0.05, 0.1) is 19.3 Å². The van der Waals surface area contributed by atoms with Gasteiger partial charge in [-0.05, 0) is 42.7 Å². The lowest BCUT2D eigenvalue weighted by atomic mass is 10.1.